The fraction of sp³-hybridized carbons (Fsp3) is 0.143. The van der Waals surface area contributed by atoms with Crippen molar-refractivity contribution in [1.29, 1.82) is 0 Å². The van der Waals surface area contributed by atoms with Crippen molar-refractivity contribution in [3.63, 3.8) is 0 Å². The Labute approximate surface area is 65.9 Å². The lowest BCUT2D eigenvalue weighted by atomic mass is 10.2. The Kier molecular flexibility index (Phi) is 1.97. The van der Waals surface area contributed by atoms with Crippen molar-refractivity contribution in [2.75, 3.05) is 0 Å². The average Bonchev–Trinajstić information content (AvgIpc) is 1.86. The van der Waals surface area contributed by atoms with Crippen LogP contribution in [0.1, 0.15) is 5.56 Å². The molecule has 0 aliphatic heterocycles. The third kappa shape index (κ3) is 2.03. The van der Waals surface area contributed by atoms with Crippen LogP contribution in [0, 0.1) is 13.0 Å². The normalized spacial score (nSPS) is 11.5. The number of rotatable bonds is 1. The van der Waals surface area contributed by atoms with Crippen LogP contribution in [-0.2, 0) is 10.0 Å². The molecule has 0 atom stereocenters. The van der Waals surface area contributed by atoms with E-state index in [0.717, 1.165) is 5.56 Å². The Balaban J connectivity index is 3.20. The van der Waals surface area contributed by atoms with Gasteiger partial charge in [0.1, 0.15) is 0 Å². The Hall–Kier alpha value is -0.870. The molecule has 0 unspecified atom stereocenters. The molecule has 1 N–H and O–H groups in total. The summed E-state index contributed by atoms with van der Waals surface area (Å²) in [6.07, 6.45) is 0. The molecule has 11 heavy (non-hydrogen) atoms. The maximum absolute atomic E-state index is 10.6. The topological polar surface area (TPSA) is 57.9 Å². The van der Waals surface area contributed by atoms with E-state index >= 15 is 0 Å². The smallest absolute Gasteiger partial charge is 0.0753 e. The quantitative estimate of drug-likeness (QED) is 0.598. The molecule has 0 aliphatic carbocycles. The van der Waals surface area contributed by atoms with Crippen LogP contribution in [0.2, 0.25) is 0 Å². The summed E-state index contributed by atoms with van der Waals surface area (Å²) >= 11 is 0. The second kappa shape index (κ2) is 2.64. The number of aryl methyl sites for hydroxylation is 1. The molecule has 0 saturated heterocycles. The zero-order valence-electron chi connectivity index (χ0n) is 5.96. The monoisotopic (exact) mass is 169 g/mol. The van der Waals surface area contributed by atoms with E-state index < -0.39 is 10.0 Å². The minimum atomic E-state index is -3.83. The lowest BCUT2D eigenvalue weighted by Crippen LogP contribution is -1.91. The van der Waals surface area contributed by atoms with Crippen LogP contribution in [0.5, 0.6) is 0 Å². The van der Waals surface area contributed by atoms with Gasteiger partial charge in [-0.15, -0.1) is 0 Å². The highest BCUT2D eigenvalue weighted by Gasteiger charge is 1.90. The van der Waals surface area contributed by atoms with Gasteiger partial charge in [0.15, 0.2) is 0 Å². The van der Waals surface area contributed by atoms with E-state index in [4.69, 9.17) is 5.14 Å². The van der Waals surface area contributed by atoms with Crippen LogP contribution in [0.3, 0.4) is 0 Å². The van der Waals surface area contributed by atoms with E-state index in [0.29, 0.717) is 0 Å². The van der Waals surface area contributed by atoms with Gasteiger partial charge in [-0.2, -0.15) is 29.8 Å². The van der Waals surface area contributed by atoms with Crippen LogP contribution in [0.4, 0.5) is 0 Å². The van der Waals surface area contributed by atoms with Crippen molar-refractivity contribution < 1.29 is 8.42 Å². The van der Waals surface area contributed by atoms with Crippen LogP contribution < -0.4 is 0 Å². The molecule has 0 aromatic heterocycles. The molecule has 0 heterocycles. The van der Waals surface area contributed by atoms with Gasteiger partial charge in [0.2, 0.25) is 0 Å². The number of nitrogens with one attached hydrogen (secondary N) is 1. The molecule has 0 spiro atoms. The predicted octanol–water partition coefficient (Wildman–Crippen LogP) is 1.54. The van der Waals surface area contributed by atoms with Gasteiger partial charge in [0.05, 0.1) is 10.0 Å². The fourth-order valence-electron chi connectivity index (χ4n) is 0.655. The van der Waals surface area contributed by atoms with Crippen molar-refractivity contribution in [2.45, 2.75) is 11.8 Å². The first-order chi connectivity index (χ1) is 5.00. The van der Waals surface area contributed by atoms with Gasteiger partial charge in [0.25, 0.3) is 0 Å². The molecule has 60 valence electrons. The van der Waals surface area contributed by atoms with Gasteiger partial charge in [-0.05, 0) is 0 Å². The number of sulfonamides is 1. The van der Waals surface area contributed by atoms with Gasteiger partial charge in [0, 0.05) is 0 Å². The molecule has 0 saturated carbocycles. The van der Waals surface area contributed by atoms with Gasteiger partial charge >= 0.3 is 0 Å². The molecule has 1 aromatic rings. The number of hydrogen-bond donors (Lipinski definition) is 0. The van der Waals surface area contributed by atoms with E-state index in [1.54, 1.807) is 12.1 Å². The zero-order chi connectivity index (χ0) is 8.48. The summed E-state index contributed by atoms with van der Waals surface area (Å²) < 4.78 is 21.2. The summed E-state index contributed by atoms with van der Waals surface area (Å²) in [7, 11) is -3.83. The van der Waals surface area contributed by atoms with E-state index in [9.17, 15) is 8.42 Å². The molecule has 0 radical (unpaired) electrons. The number of benzene rings is 1. The lowest BCUT2D eigenvalue weighted by molar-refractivity contribution is 0.604. The maximum Gasteiger partial charge on any atom is 0.0753 e. The summed E-state index contributed by atoms with van der Waals surface area (Å²) in [4.78, 5) is -0.0805. The number of hydrogen-bond acceptors (Lipinski definition) is 2. The predicted molar refractivity (Wildman–Crippen MR) is 41.5 cm³/mol. The standard InChI is InChI=1S/C7H7NO2S/c1-6-2-4-7(5-3-6)11(8,9)10/h2-4H,1H3,(H-,8,9,10)/q-2. The van der Waals surface area contributed by atoms with Crippen molar-refractivity contribution in [2.24, 2.45) is 0 Å². The van der Waals surface area contributed by atoms with Crippen LogP contribution in [0.15, 0.2) is 23.1 Å². The van der Waals surface area contributed by atoms with E-state index in [1.165, 1.54) is 6.07 Å². The first-order valence-corrected chi connectivity index (χ1v) is 4.46. The van der Waals surface area contributed by atoms with Crippen LogP contribution >= 0.6 is 0 Å². The van der Waals surface area contributed by atoms with Gasteiger partial charge < -0.3 is 5.14 Å². The van der Waals surface area contributed by atoms with Crippen LogP contribution in [-0.4, -0.2) is 8.42 Å². The highest BCUT2D eigenvalue weighted by molar-refractivity contribution is 7.93. The molecule has 0 fully saturated rings. The third-order valence-corrected chi connectivity index (χ3v) is 2.06. The van der Waals surface area contributed by atoms with Crippen molar-refractivity contribution in [3.8, 4) is 0 Å². The Morgan fingerprint density at radius 1 is 1.45 bits per heavy atom. The summed E-state index contributed by atoms with van der Waals surface area (Å²) in [5.74, 6) is 0. The Morgan fingerprint density at radius 2 is 2.09 bits per heavy atom. The minimum Gasteiger partial charge on any atom is -0.562 e. The summed E-state index contributed by atoms with van der Waals surface area (Å²) in [5.41, 5.74) is 0.928. The molecule has 0 aliphatic rings. The summed E-state index contributed by atoms with van der Waals surface area (Å²) in [6, 6.07) is 7.05. The minimum absolute atomic E-state index is 0.0805. The second-order valence-electron chi connectivity index (χ2n) is 2.23. The van der Waals surface area contributed by atoms with Crippen LogP contribution in [0.25, 0.3) is 5.14 Å². The average molecular weight is 169 g/mol. The van der Waals surface area contributed by atoms with E-state index in [-0.39, 0.29) is 4.90 Å². The largest absolute Gasteiger partial charge is 0.562 e. The SMILES string of the molecule is Cc1c[c-]c(S([NH-])(=O)=O)cc1. The summed E-state index contributed by atoms with van der Waals surface area (Å²) in [6.45, 7) is 1.83. The fourth-order valence-corrected chi connectivity index (χ4v) is 1.12. The molecular weight excluding hydrogens is 162 g/mol. The van der Waals surface area contributed by atoms with E-state index in [2.05, 4.69) is 6.07 Å². The third-order valence-electron chi connectivity index (χ3n) is 1.23. The first-order valence-electron chi connectivity index (χ1n) is 2.98. The van der Waals surface area contributed by atoms with E-state index in [1.807, 2.05) is 6.92 Å². The van der Waals surface area contributed by atoms with Gasteiger partial charge in [-0.1, -0.05) is 11.8 Å². The zero-order valence-corrected chi connectivity index (χ0v) is 6.77. The molecule has 1 aromatic carbocycles. The summed E-state index contributed by atoms with van der Waals surface area (Å²) in [5, 5.41) is 6.68. The highest BCUT2D eigenvalue weighted by Crippen LogP contribution is 2.10. The molecule has 3 nitrogen and oxygen atoms in total. The van der Waals surface area contributed by atoms with Crippen molar-refractivity contribution in [1.82, 2.24) is 0 Å². The molecule has 4 heteroatoms. The van der Waals surface area contributed by atoms with Gasteiger partial charge in [-0.25, -0.2) is 8.42 Å². The molecular formula is C7H7NO2S-2. The highest BCUT2D eigenvalue weighted by atomic mass is 32.2. The van der Waals surface area contributed by atoms with Crippen molar-refractivity contribution in [3.05, 3.63) is 35.0 Å². The maximum atomic E-state index is 10.6. The first kappa shape index (κ1) is 8.23. The lowest BCUT2D eigenvalue weighted by Gasteiger charge is -2.10. The van der Waals surface area contributed by atoms with Gasteiger partial charge in [-0.3, -0.25) is 0 Å². The molecule has 0 amide bonds. The van der Waals surface area contributed by atoms with Crippen molar-refractivity contribution >= 4 is 10.0 Å². The Bertz CT molecular complexity index is 339. The Morgan fingerprint density at radius 3 is 2.45 bits per heavy atom. The second-order valence-corrected chi connectivity index (χ2v) is 3.68. The molecule has 1 rings (SSSR count). The molecule has 0 bridgehead atoms.